The van der Waals surface area contributed by atoms with E-state index in [9.17, 15) is 9.59 Å². The molecule has 0 radical (unpaired) electrons. The Morgan fingerprint density at radius 1 is 1.03 bits per heavy atom. The van der Waals surface area contributed by atoms with Crippen molar-refractivity contribution >= 4 is 34.8 Å². The fourth-order valence-corrected chi connectivity index (χ4v) is 4.21. The molecule has 0 aliphatic carbocycles. The molecule has 0 aromatic heterocycles. The number of nitrogens with zero attached hydrogens (tertiary/aromatic N) is 1. The number of hydrazine groups is 1. The molecule has 2 atom stereocenters. The third kappa shape index (κ3) is 6.68. The summed E-state index contributed by atoms with van der Waals surface area (Å²) in [5.74, 6) is 0.196. The predicted molar refractivity (Wildman–Crippen MR) is 134 cm³/mol. The number of carbonyl (C=O) groups excluding carboxylic acids is 2. The number of nitrogens with one attached hydrogen (secondary N) is 3. The molecule has 33 heavy (non-hydrogen) atoms. The zero-order valence-corrected chi connectivity index (χ0v) is 20.4. The highest BCUT2D eigenvalue weighted by Crippen LogP contribution is 2.23. The number of rotatable bonds is 5. The van der Waals surface area contributed by atoms with Crippen molar-refractivity contribution in [2.75, 3.05) is 11.9 Å². The zero-order chi connectivity index (χ0) is 24.0. The van der Waals surface area contributed by atoms with E-state index in [4.69, 9.17) is 17.0 Å². The summed E-state index contributed by atoms with van der Waals surface area (Å²) < 4.78 is 5.67. The Bertz CT molecular complexity index is 999. The maximum Gasteiger partial charge on any atom is 0.269 e. The maximum absolute atomic E-state index is 12.6. The molecule has 3 rings (SSSR count). The Morgan fingerprint density at radius 3 is 2.36 bits per heavy atom. The summed E-state index contributed by atoms with van der Waals surface area (Å²) in [4.78, 5) is 26.9. The lowest BCUT2D eigenvalue weighted by Gasteiger charge is -2.38. The summed E-state index contributed by atoms with van der Waals surface area (Å²) in [6.45, 7) is 8.13. The smallest absolute Gasteiger partial charge is 0.269 e. The van der Waals surface area contributed by atoms with Crippen molar-refractivity contribution < 1.29 is 14.3 Å². The SMILES string of the molecule is Cc1ccc(C)c(NC(=S)NNC(=O)c2ccc(OCC(=O)N3[C@H](C)CCC[C@@H]3C)cc2)c1. The molecule has 8 heteroatoms. The van der Waals surface area contributed by atoms with Gasteiger partial charge in [0, 0.05) is 23.3 Å². The Morgan fingerprint density at radius 2 is 1.70 bits per heavy atom. The van der Waals surface area contributed by atoms with E-state index in [-0.39, 0.29) is 35.6 Å². The van der Waals surface area contributed by atoms with E-state index in [0.29, 0.717) is 11.3 Å². The number of hydrogen-bond acceptors (Lipinski definition) is 4. The van der Waals surface area contributed by atoms with Crippen LogP contribution in [0.5, 0.6) is 5.75 Å². The average molecular weight is 469 g/mol. The first-order valence-corrected chi connectivity index (χ1v) is 11.6. The number of anilines is 1. The molecule has 1 aliphatic rings. The van der Waals surface area contributed by atoms with Gasteiger partial charge in [0.2, 0.25) is 0 Å². The normalized spacial score (nSPS) is 17.8. The van der Waals surface area contributed by atoms with Gasteiger partial charge in [-0.15, -0.1) is 0 Å². The van der Waals surface area contributed by atoms with Crippen molar-refractivity contribution in [2.45, 2.75) is 59.0 Å². The quantitative estimate of drug-likeness (QED) is 0.453. The molecule has 0 bridgehead atoms. The number of likely N-dealkylation sites (tertiary alicyclic amines) is 1. The van der Waals surface area contributed by atoms with Gasteiger partial charge in [0.1, 0.15) is 5.75 Å². The number of hydrogen-bond donors (Lipinski definition) is 3. The molecule has 0 saturated carbocycles. The van der Waals surface area contributed by atoms with Crippen molar-refractivity contribution in [3.05, 3.63) is 59.2 Å². The maximum atomic E-state index is 12.6. The summed E-state index contributed by atoms with van der Waals surface area (Å²) >= 11 is 5.26. The predicted octanol–water partition coefficient (Wildman–Crippen LogP) is 4.10. The molecule has 1 fully saturated rings. The molecule has 0 unspecified atom stereocenters. The molecule has 2 aromatic rings. The van der Waals surface area contributed by atoms with E-state index in [1.54, 1.807) is 24.3 Å². The fraction of sp³-hybridized carbons (Fsp3) is 0.400. The van der Waals surface area contributed by atoms with E-state index in [2.05, 4.69) is 30.0 Å². The standard InChI is InChI=1S/C25H32N4O3S/c1-16-8-9-17(2)22(14-16)26-25(33)28-27-24(31)20-10-12-21(13-11-20)32-15-23(30)29-18(3)6-5-7-19(29)4/h8-14,18-19H,5-7,15H2,1-4H3,(H,27,31)(H2,26,28,33)/t18-,19+. The molecule has 0 spiro atoms. The first-order chi connectivity index (χ1) is 15.7. The van der Waals surface area contributed by atoms with Crippen LogP contribution in [0.15, 0.2) is 42.5 Å². The lowest BCUT2D eigenvalue weighted by Crippen LogP contribution is -2.49. The molecule has 3 N–H and O–H groups in total. The molecule has 2 amide bonds. The van der Waals surface area contributed by atoms with E-state index in [0.717, 1.165) is 36.1 Å². The van der Waals surface area contributed by atoms with E-state index >= 15 is 0 Å². The summed E-state index contributed by atoms with van der Waals surface area (Å²) in [6.07, 6.45) is 3.20. The van der Waals surface area contributed by atoms with Gasteiger partial charge in [0.05, 0.1) is 0 Å². The molecule has 1 heterocycles. The lowest BCUT2D eigenvalue weighted by atomic mass is 9.97. The minimum Gasteiger partial charge on any atom is -0.484 e. The molecular weight excluding hydrogens is 436 g/mol. The molecule has 2 aromatic carbocycles. The van der Waals surface area contributed by atoms with Crippen LogP contribution in [0.1, 0.15) is 54.6 Å². The third-order valence-corrected chi connectivity index (χ3v) is 6.10. The third-order valence-electron chi connectivity index (χ3n) is 5.89. The van der Waals surface area contributed by atoms with Crippen molar-refractivity contribution in [1.82, 2.24) is 15.8 Å². The minimum absolute atomic E-state index is 0.00872. The number of amides is 2. The highest BCUT2D eigenvalue weighted by molar-refractivity contribution is 7.80. The Labute approximate surface area is 200 Å². The van der Waals surface area contributed by atoms with Crippen LogP contribution >= 0.6 is 12.2 Å². The number of carbonyl (C=O) groups is 2. The molecule has 176 valence electrons. The number of aryl methyl sites for hydroxylation is 2. The second kappa shape index (κ2) is 11.1. The molecule has 7 nitrogen and oxygen atoms in total. The van der Waals surface area contributed by atoms with Crippen LogP contribution < -0.4 is 20.9 Å². The molecule has 1 saturated heterocycles. The Hall–Kier alpha value is -3.13. The van der Waals surface area contributed by atoms with Gasteiger partial charge in [-0.2, -0.15) is 0 Å². The van der Waals surface area contributed by atoms with E-state index < -0.39 is 0 Å². The van der Waals surface area contributed by atoms with Crippen molar-refractivity contribution in [2.24, 2.45) is 0 Å². The minimum atomic E-state index is -0.335. The van der Waals surface area contributed by atoms with Crippen LogP contribution in [0.2, 0.25) is 0 Å². The summed E-state index contributed by atoms with van der Waals surface area (Å²) in [5.41, 5.74) is 8.78. The topological polar surface area (TPSA) is 82.7 Å². The fourth-order valence-electron chi connectivity index (χ4n) is 4.04. The van der Waals surface area contributed by atoms with Gasteiger partial charge >= 0.3 is 0 Å². The zero-order valence-electron chi connectivity index (χ0n) is 19.6. The van der Waals surface area contributed by atoms with Crippen LogP contribution in [0.3, 0.4) is 0 Å². The van der Waals surface area contributed by atoms with Crippen LogP contribution in [0, 0.1) is 13.8 Å². The average Bonchev–Trinajstić information content (AvgIpc) is 2.78. The van der Waals surface area contributed by atoms with Crippen LogP contribution in [0.4, 0.5) is 5.69 Å². The highest BCUT2D eigenvalue weighted by atomic mass is 32.1. The number of piperidine rings is 1. The van der Waals surface area contributed by atoms with Crippen LogP contribution in [-0.4, -0.2) is 40.5 Å². The molecular formula is C25H32N4O3S. The number of ether oxygens (including phenoxy) is 1. The monoisotopic (exact) mass is 468 g/mol. The van der Waals surface area contributed by atoms with Crippen LogP contribution in [0.25, 0.3) is 0 Å². The van der Waals surface area contributed by atoms with Gasteiger partial charge in [-0.25, -0.2) is 0 Å². The largest absolute Gasteiger partial charge is 0.484 e. The van der Waals surface area contributed by atoms with Gasteiger partial charge in [-0.1, -0.05) is 12.1 Å². The van der Waals surface area contributed by atoms with Gasteiger partial charge in [-0.3, -0.25) is 20.4 Å². The van der Waals surface area contributed by atoms with E-state index in [1.807, 2.05) is 36.9 Å². The Kier molecular flexibility index (Phi) is 8.27. The summed E-state index contributed by atoms with van der Waals surface area (Å²) in [5, 5.41) is 3.37. The van der Waals surface area contributed by atoms with Crippen molar-refractivity contribution in [3.8, 4) is 5.75 Å². The summed E-state index contributed by atoms with van der Waals surface area (Å²) in [6, 6.07) is 13.1. The van der Waals surface area contributed by atoms with Gasteiger partial charge in [0.15, 0.2) is 11.7 Å². The van der Waals surface area contributed by atoms with Crippen molar-refractivity contribution in [1.29, 1.82) is 0 Å². The van der Waals surface area contributed by atoms with Gasteiger partial charge < -0.3 is 15.0 Å². The van der Waals surface area contributed by atoms with Crippen LogP contribution in [-0.2, 0) is 4.79 Å². The van der Waals surface area contributed by atoms with Gasteiger partial charge in [0.25, 0.3) is 11.8 Å². The second-order valence-electron chi connectivity index (χ2n) is 8.59. The lowest BCUT2D eigenvalue weighted by molar-refractivity contribution is -0.139. The molecule has 1 aliphatic heterocycles. The van der Waals surface area contributed by atoms with Crippen molar-refractivity contribution in [3.63, 3.8) is 0 Å². The number of thiocarbonyl (C=S) groups is 1. The first-order valence-electron chi connectivity index (χ1n) is 11.2. The van der Waals surface area contributed by atoms with E-state index in [1.165, 1.54) is 0 Å². The Balaban J connectivity index is 1.47. The van der Waals surface area contributed by atoms with Gasteiger partial charge in [-0.05, 0) is 101 Å². The second-order valence-corrected chi connectivity index (χ2v) is 9.00. The first kappa shape index (κ1) is 24.5. The highest BCUT2D eigenvalue weighted by Gasteiger charge is 2.28. The number of benzene rings is 2. The summed E-state index contributed by atoms with van der Waals surface area (Å²) in [7, 11) is 0.